The van der Waals surface area contributed by atoms with Crippen molar-refractivity contribution in [3.8, 4) is 0 Å². The minimum Gasteiger partial charge on any atom is -0.395 e. The number of alkyl halides is 2. The highest BCUT2D eigenvalue weighted by Crippen LogP contribution is 2.54. The van der Waals surface area contributed by atoms with E-state index in [1.807, 2.05) is 0 Å². The monoisotopic (exact) mass is 555 g/mol. The quantitative estimate of drug-likeness (QED) is 0.458. The van der Waals surface area contributed by atoms with E-state index in [1.54, 1.807) is 22.4 Å². The molecule has 0 unspecified atom stereocenters. The lowest BCUT2D eigenvalue weighted by molar-refractivity contribution is -0.0220. The number of piperidine rings is 2. The number of aliphatic hydroxyl groups is 1. The second-order valence-electron chi connectivity index (χ2n) is 10.1. The van der Waals surface area contributed by atoms with Crippen molar-refractivity contribution in [2.75, 3.05) is 54.4 Å². The molecule has 2 saturated heterocycles. The first-order valence-electron chi connectivity index (χ1n) is 12.5. The van der Waals surface area contributed by atoms with E-state index in [-0.39, 0.29) is 49.7 Å². The number of aromatic nitrogens is 1. The highest BCUT2D eigenvalue weighted by atomic mass is 32.2. The van der Waals surface area contributed by atoms with Crippen LogP contribution in [-0.2, 0) is 10.0 Å². The van der Waals surface area contributed by atoms with Crippen LogP contribution in [0, 0.1) is 5.41 Å². The Balaban J connectivity index is 1.35. The lowest BCUT2D eigenvalue weighted by Crippen LogP contribution is -2.39. The van der Waals surface area contributed by atoms with E-state index < -0.39 is 21.9 Å². The molecule has 9 nitrogen and oxygen atoms in total. The van der Waals surface area contributed by atoms with Crippen LogP contribution in [0.3, 0.4) is 0 Å². The highest BCUT2D eigenvalue weighted by Gasteiger charge is 2.44. The summed E-state index contributed by atoms with van der Waals surface area (Å²) in [6.45, 7) is 1.48. The summed E-state index contributed by atoms with van der Waals surface area (Å²) in [5.41, 5.74) is 1.69. The largest absolute Gasteiger partial charge is 0.395 e. The summed E-state index contributed by atoms with van der Waals surface area (Å²) in [5, 5.41) is 14.0. The van der Waals surface area contributed by atoms with Gasteiger partial charge in [0.25, 0.3) is 11.8 Å². The molecule has 3 fully saturated rings. The van der Waals surface area contributed by atoms with Crippen LogP contribution >= 0.6 is 11.3 Å². The predicted octanol–water partition coefficient (Wildman–Crippen LogP) is 3.28. The molecule has 3 N–H and O–H groups in total. The number of carbonyl (C=O) groups is 1. The third-order valence-electron chi connectivity index (χ3n) is 7.54. The van der Waals surface area contributed by atoms with Gasteiger partial charge in [0.05, 0.1) is 22.9 Å². The Kier molecular flexibility index (Phi) is 7.16. The predicted molar refractivity (Wildman–Crippen MR) is 138 cm³/mol. The van der Waals surface area contributed by atoms with Crippen molar-refractivity contribution in [2.45, 2.75) is 49.3 Å². The summed E-state index contributed by atoms with van der Waals surface area (Å²) < 4.78 is 54.8. The van der Waals surface area contributed by atoms with Crippen LogP contribution in [0.1, 0.15) is 49.0 Å². The zero-order chi connectivity index (χ0) is 26.3. The molecule has 5 rings (SSSR count). The lowest BCUT2D eigenvalue weighted by atomic mass is 9.93. The molecule has 37 heavy (non-hydrogen) atoms. The number of hydrogen-bond donors (Lipinski definition) is 3. The minimum absolute atomic E-state index is 0.0542. The third kappa shape index (κ3) is 5.89. The van der Waals surface area contributed by atoms with Crippen LogP contribution < -0.4 is 19.8 Å². The van der Waals surface area contributed by atoms with Crippen molar-refractivity contribution in [2.24, 2.45) is 5.41 Å². The zero-order valence-corrected chi connectivity index (χ0v) is 22.0. The molecule has 0 radical (unpaired) electrons. The van der Waals surface area contributed by atoms with Gasteiger partial charge >= 0.3 is 0 Å². The first-order chi connectivity index (χ1) is 17.6. The SMILES string of the molecule is O=C(Nc1ccc(S(=O)(=O)NCCO)cc1N1CCC2(CC1)CC2)c1csc(N2CCC(F)(F)CC2)n1. The molecule has 1 amide bonds. The average molecular weight is 556 g/mol. The number of sulfonamides is 1. The second-order valence-corrected chi connectivity index (χ2v) is 12.7. The van der Waals surface area contributed by atoms with E-state index in [2.05, 4.69) is 19.9 Å². The summed E-state index contributed by atoms with van der Waals surface area (Å²) >= 11 is 1.24. The van der Waals surface area contributed by atoms with Crippen molar-refractivity contribution < 1.29 is 27.1 Å². The van der Waals surface area contributed by atoms with E-state index in [0.29, 0.717) is 21.9 Å². The second kappa shape index (κ2) is 10.1. The molecule has 13 heteroatoms. The van der Waals surface area contributed by atoms with Crippen molar-refractivity contribution in [1.82, 2.24) is 9.71 Å². The number of halogens is 2. The topological polar surface area (TPSA) is 115 Å². The Bertz CT molecular complexity index is 1250. The van der Waals surface area contributed by atoms with Gasteiger partial charge in [-0.2, -0.15) is 0 Å². The summed E-state index contributed by atoms with van der Waals surface area (Å²) in [5.74, 6) is -3.11. The van der Waals surface area contributed by atoms with E-state index >= 15 is 0 Å². The van der Waals surface area contributed by atoms with Gasteiger partial charge in [0.1, 0.15) is 5.69 Å². The van der Waals surface area contributed by atoms with E-state index in [9.17, 15) is 22.0 Å². The molecule has 3 heterocycles. The van der Waals surface area contributed by atoms with Gasteiger partial charge in [-0.1, -0.05) is 0 Å². The Hall–Kier alpha value is -2.35. The average Bonchev–Trinajstić information content (AvgIpc) is 3.43. The number of aliphatic hydroxyl groups excluding tert-OH is 1. The minimum atomic E-state index is -3.83. The number of nitrogens with zero attached hydrogens (tertiary/aromatic N) is 3. The molecule has 1 aromatic carbocycles. The number of benzene rings is 1. The third-order valence-corrected chi connectivity index (χ3v) is 9.90. The van der Waals surface area contributed by atoms with Gasteiger partial charge in [-0.05, 0) is 49.3 Å². The number of anilines is 3. The van der Waals surface area contributed by atoms with Crippen molar-refractivity contribution in [1.29, 1.82) is 0 Å². The first kappa shape index (κ1) is 26.3. The summed E-state index contributed by atoms with van der Waals surface area (Å²) in [7, 11) is -3.83. The standard InChI is InChI=1S/C24H31F2N5O4S2/c25-24(26)7-12-31(13-8-24)22-29-19(16-36-22)21(33)28-18-2-1-17(37(34,35)27-9-14-32)15-20(18)30-10-5-23(3-4-23)6-11-30/h1-2,15-16,27,32H,3-14H2,(H,28,33). The summed E-state index contributed by atoms with van der Waals surface area (Å²) in [4.78, 5) is 21.4. The van der Waals surface area contributed by atoms with Crippen LogP contribution in [0.4, 0.5) is 25.3 Å². The molecule has 1 saturated carbocycles. The maximum absolute atomic E-state index is 13.5. The fourth-order valence-electron chi connectivity index (χ4n) is 4.93. The smallest absolute Gasteiger partial charge is 0.275 e. The van der Waals surface area contributed by atoms with Crippen molar-refractivity contribution in [3.63, 3.8) is 0 Å². The Morgan fingerprint density at radius 3 is 2.38 bits per heavy atom. The fraction of sp³-hybridized carbons (Fsp3) is 0.583. The Labute approximate surface area is 218 Å². The molecule has 0 bridgehead atoms. The van der Waals surface area contributed by atoms with E-state index in [1.165, 1.54) is 30.2 Å². The molecule has 1 aromatic heterocycles. The van der Waals surface area contributed by atoms with Gasteiger partial charge in [-0.25, -0.2) is 26.9 Å². The van der Waals surface area contributed by atoms with Crippen LogP contribution in [0.15, 0.2) is 28.5 Å². The molecule has 1 aliphatic carbocycles. The highest BCUT2D eigenvalue weighted by molar-refractivity contribution is 7.89. The molecular formula is C24H31F2N5O4S2. The molecule has 202 valence electrons. The Morgan fingerprint density at radius 1 is 1.05 bits per heavy atom. The van der Waals surface area contributed by atoms with Gasteiger partial charge in [0.2, 0.25) is 10.0 Å². The number of thiazole rings is 1. The fourth-order valence-corrected chi connectivity index (χ4v) is 6.83. The van der Waals surface area contributed by atoms with Crippen LogP contribution in [0.5, 0.6) is 0 Å². The number of carbonyl (C=O) groups excluding carboxylic acids is 1. The zero-order valence-electron chi connectivity index (χ0n) is 20.4. The van der Waals surface area contributed by atoms with Crippen LogP contribution in [0.25, 0.3) is 0 Å². The van der Waals surface area contributed by atoms with Crippen molar-refractivity contribution >= 4 is 43.8 Å². The van der Waals surface area contributed by atoms with Crippen molar-refractivity contribution in [3.05, 3.63) is 29.3 Å². The summed E-state index contributed by atoms with van der Waals surface area (Å²) in [6.07, 6.45) is 4.01. The first-order valence-corrected chi connectivity index (χ1v) is 14.9. The van der Waals surface area contributed by atoms with Gasteiger partial charge in [-0.15, -0.1) is 11.3 Å². The molecule has 1 spiro atoms. The van der Waals surface area contributed by atoms with Gasteiger partial charge < -0.3 is 20.2 Å². The van der Waals surface area contributed by atoms with Crippen LogP contribution in [0.2, 0.25) is 0 Å². The number of amides is 1. The molecule has 2 aliphatic heterocycles. The van der Waals surface area contributed by atoms with Gasteiger partial charge in [0, 0.05) is 50.9 Å². The molecule has 0 atom stereocenters. The van der Waals surface area contributed by atoms with Gasteiger partial charge in [0.15, 0.2) is 5.13 Å². The Morgan fingerprint density at radius 2 is 1.73 bits per heavy atom. The normalized spacial score (nSPS) is 20.7. The molecule has 2 aromatic rings. The van der Waals surface area contributed by atoms with E-state index in [0.717, 1.165) is 25.9 Å². The number of rotatable bonds is 8. The maximum Gasteiger partial charge on any atom is 0.275 e. The maximum atomic E-state index is 13.5. The molecule has 3 aliphatic rings. The van der Waals surface area contributed by atoms with Crippen LogP contribution in [-0.4, -0.2) is 69.7 Å². The van der Waals surface area contributed by atoms with Gasteiger partial charge in [-0.3, -0.25) is 4.79 Å². The number of nitrogens with one attached hydrogen (secondary N) is 2. The number of hydrogen-bond acceptors (Lipinski definition) is 8. The lowest BCUT2D eigenvalue weighted by Gasteiger charge is -2.35. The molecular weight excluding hydrogens is 524 g/mol. The van der Waals surface area contributed by atoms with E-state index in [4.69, 9.17) is 5.11 Å². The summed E-state index contributed by atoms with van der Waals surface area (Å²) in [6, 6.07) is 4.55.